The molecule has 8 aromatic rings. The Bertz CT molecular complexity index is 2530. The van der Waals surface area contributed by atoms with Gasteiger partial charge in [-0.25, -0.2) is 18.7 Å². The first-order valence-corrected chi connectivity index (χ1v) is 17.1. The van der Waals surface area contributed by atoms with Crippen LogP contribution in [0, 0.1) is 23.5 Å². The second kappa shape index (κ2) is 12.3. The number of pyridine rings is 2. The largest absolute Gasteiger partial charge is 0.276 e. The minimum absolute atomic E-state index is 0.276. The number of aromatic nitrogens is 8. The second-order valence-electron chi connectivity index (χ2n) is 13.5. The Balaban J connectivity index is 0.000000138. The van der Waals surface area contributed by atoms with E-state index in [1.807, 2.05) is 35.6 Å². The van der Waals surface area contributed by atoms with Gasteiger partial charge in [-0.3, -0.25) is 18.2 Å². The smallest absolute Gasteiger partial charge is 0.217 e. The monoisotopic (exact) mass is 700 g/mol. The molecule has 2 fully saturated rings. The number of fused-ring (bicyclic) bond motifs is 2. The van der Waals surface area contributed by atoms with Crippen molar-refractivity contribution in [1.29, 1.82) is 0 Å². The molecule has 52 heavy (non-hydrogen) atoms. The number of aryl methyl sites for hydroxylation is 2. The Morgan fingerprint density at radius 2 is 1.04 bits per heavy atom. The molecule has 0 atom stereocenters. The van der Waals surface area contributed by atoms with Gasteiger partial charge in [0.15, 0.2) is 0 Å². The molecule has 0 radical (unpaired) electrons. The summed E-state index contributed by atoms with van der Waals surface area (Å²) in [6.07, 6.45) is 10.4. The van der Waals surface area contributed by atoms with E-state index in [0.717, 1.165) is 81.8 Å². The van der Waals surface area contributed by atoms with Gasteiger partial charge in [0.2, 0.25) is 11.9 Å². The first-order chi connectivity index (χ1) is 25.2. The highest BCUT2D eigenvalue weighted by atomic mass is 19.1. The van der Waals surface area contributed by atoms with Gasteiger partial charge in [0.05, 0.1) is 23.8 Å². The molecule has 0 saturated heterocycles. The molecule has 6 aromatic heterocycles. The molecular formula is C40H32F4N8. The molecule has 8 nitrogen and oxygen atoms in total. The van der Waals surface area contributed by atoms with E-state index in [2.05, 4.69) is 9.97 Å². The highest BCUT2D eigenvalue weighted by Crippen LogP contribution is 2.48. The van der Waals surface area contributed by atoms with Crippen LogP contribution in [0.5, 0.6) is 0 Å². The summed E-state index contributed by atoms with van der Waals surface area (Å²) >= 11 is 0. The molecule has 0 amide bonds. The molecule has 0 spiro atoms. The van der Waals surface area contributed by atoms with E-state index < -0.39 is 11.9 Å². The van der Waals surface area contributed by atoms with Crippen LogP contribution in [0.2, 0.25) is 0 Å². The van der Waals surface area contributed by atoms with Crippen LogP contribution in [-0.2, 0) is 14.1 Å². The fraction of sp³-hybridized carbons (Fsp3) is 0.200. The molecule has 10 rings (SSSR count). The molecule has 0 bridgehead atoms. The van der Waals surface area contributed by atoms with Gasteiger partial charge in [0, 0.05) is 77.4 Å². The maximum Gasteiger partial charge on any atom is 0.217 e. The van der Waals surface area contributed by atoms with Crippen molar-refractivity contribution in [2.75, 3.05) is 0 Å². The van der Waals surface area contributed by atoms with E-state index in [1.165, 1.54) is 45.5 Å². The van der Waals surface area contributed by atoms with Gasteiger partial charge in [-0.15, -0.1) is 0 Å². The SMILES string of the molecule is Cn1nc(-c2ccc(F)cc2)c(-c2ccc3ncc(F)n3c2)c1C1CC1.Cn1nc(C2CC2)c(-c2ccc3ncc(F)n3c2)c1-c1ccc(F)cc1. The number of benzene rings is 2. The van der Waals surface area contributed by atoms with Gasteiger partial charge in [-0.05, 0) is 98.5 Å². The van der Waals surface area contributed by atoms with Crippen LogP contribution in [-0.4, -0.2) is 38.3 Å². The Labute approximate surface area is 295 Å². The molecule has 2 aliphatic rings. The molecule has 6 heterocycles. The maximum atomic E-state index is 14.0. The Hall–Kier alpha value is -6.04. The second-order valence-corrected chi connectivity index (χ2v) is 13.5. The summed E-state index contributed by atoms with van der Waals surface area (Å²) in [5.74, 6) is -0.477. The van der Waals surface area contributed by atoms with Gasteiger partial charge in [-0.2, -0.15) is 19.0 Å². The average Bonchev–Trinajstić information content (AvgIpc) is 4.05. The highest BCUT2D eigenvalue weighted by Gasteiger charge is 2.34. The highest BCUT2D eigenvalue weighted by molar-refractivity contribution is 5.85. The fourth-order valence-corrected chi connectivity index (χ4v) is 7.06. The standard InChI is InChI=1S/2C20H16F2N4/c1-25-20(13-2-3-13)18(19(24-25)12-4-7-15(21)8-5-12)14-6-9-17-23-10-16(22)26(17)11-14;1-25-20(13-4-7-15(21)8-5-13)18(19(24-25)12-2-3-12)14-6-9-17-23-10-16(22)26(17)11-14/h4-11,13H,2-3H2,1H3;4-12H,2-3H2,1H3. The molecule has 12 heteroatoms. The van der Waals surface area contributed by atoms with Crippen LogP contribution in [0.25, 0.3) is 56.1 Å². The van der Waals surface area contributed by atoms with Gasteiger partial charge in [-0.1, -0.05) is 0 Å². The first-order valence-electron chi connectivity index (χ1n) is 17.1. The lowest BCUT2D eigenvalue weighted by atomic mass is 9.98. The van der Waals surface area contributed by atoms with Crippen molar-refractivity contribution < 1.29 is 17.6 Å². The Morgan fingerprint density at radius 1 is 0.538 bits per heavy atom. The van der Waals surface area contributed by atoms with Crippen LogP contribution in [0.1, 0.15) is 48.9 Å². The maximum absolute atomic E-state index is 14.0. The van der Waals surface area contributed by atoms with E-state index >= 15 is 0 Å². The molecule has 0 aliphatic heterocycles. The summed E-state index contributed by atoms with van der Waals surface area (Å²) in [6.45, 7) is 0. The van der Waals surface area contributed by atoms with E-state index in [4.69, 9.17) is 10.2 Å². The predicted molar refractivity (Wildman–Crippen MR) is 189 cm³/mol. The summed E-state index contributed by atoms with van der Waals surface area (Å²) in [4.78, 5) is 8.09. The van der Waals surface area contributed by atoms with Crippen molar-refractivity contribution in [3.8, 4) is 44.8 Å². The normalized spacial score (nSPS) is 14.3. The summed E-state index contributed by atoms with van der Waals surface area (Å²) in [5.41, 5.74) is 10.4. The zero-order valence-corrected chi connectivity index (χ0v) is 28.3. The number of hydrogen-bond donors (Lipinski definition) is 0. The van der Waals surface area contributed by atoms with Gasteiger partial charge in [0.1, 0.15) is 28.6 Å². The zero-order valence-electron chi connectivity index (χ0n) is 28.3. The van der Waals surface area contributed by atoms with Crippen LogP contribution >= 0.6 is 0 Å². The summed E-state index contributed by atoms with van der Waals surface area (Å²) < 4.78 is 61.4. The van der Waals surface area contributed by atoms with Crippen molar-refractivity contribution in [1.82, 2.24) is 38.3 Å². The summed E-state index contributed by atoms with van der Waals surface area (Å²) in [5, 5.41) is 9.46. The molecule has 2 aromatic carbocycles. The lowest BCUT2D eigenvalue weighted by Gasteiger charge is -2.09. The number of imidazole rings is 2. The van der Waals surface area contributed by atoms with Gasteiger partial charge < -0.3 is 0 Å². The lowest BCUT2D eigenvalue weighted by molar-refractivity contribution is 0.572. The van der Waals surface area contributed by atoms with E-state index in [0.29, 0.717) is 23.1 Å². The van der Waals surface area contributed by atoms with Crippen LogP contribution in [0.4, 0.5) is 17.6 Å². The number of rotatable bonds is 6. The van der Waals surface area contributed by atoms with Crippen LogP contribution < -0.4 is 0 Å². The minimum Gasteiger partial charge on any atom is -0.276 e. The third-order valence-corrected chi connectivity index (χ3v) is 9.83. The van der Waals surface area contributed by atoms with E-state index in [1.54, 1.807) is 48.8 Å². The third kappa shape index (κ3) is 5.64. The van der Waals surface area contributed by atoms with Crippen LogP contribution in [0.15, 0.2) is 97.6 Å². The first kappa shape index (κ1) is 31.9. The summed E-state index contributed by atoms with van der Waals surface area (Å²) in [7, 11) is 3.82. The van der Waals surface area contributed by atoms with Crippen LogP contribution in [0.3, 0.4) is 0 Å². The molecule has 2 aliphatic carbocycles. The molecular weight excluding hydrogens is 668 g/mol. The van der Waals surface area contributed by atoms with Crippen molar-refractivity contribution in [2.24, 2.45) is 14.1 Å². The fourth-order valence-electron chi connectivity index (χ4n) is 7.06. The van der Waals surface area contributed by atoms with E-state index in [-0.39, 0.29) is 11.6 Å². The molecule has 0 unspecified atom stereocenters. The molecule has 0 N–H and O–H groups in total. The summed E-state index contributed by atoms with van der Waals surface area (Å²) in [6, 6.07) is 20.2. The number of halogens is 4. The van der Waals surface area contributed by atoms with Gasteiger partial charge in [0.25, 0.3) is 0 Å². The zero-order chi connectivity index (χ0) is 35.7. The van der Waals surface area contributed by atoms with Gasteiger partial charge >= 0.3 is 0 Å². The predicted octanol–water partition coefficient (Wildman–Crippen LogP) is 9.11. The Kier molecular flexibility index (Phi) is 7.56. The molecule has 2 saturated carbocycles. The third-order valence-electron chi connectivity index (χ3n) is 9.83. The number of hydrogen-bond acceptors (Lipinski definition) is 4. The molecule has 260 valence electrons. The average molecular weight is 701 g/mol. The van der Waals surface area contributed by atoms with E-state index in [9.17, 15) is 17.6 Å². The quantitative estimate of drug-likeness (QED) is 0.162. The minimum atomic E-state index is -0.401. The topological polar surface area (TPSA) is 70.2 Å². The Morgan fingerprint density at radius 3 is 1.58 bits per heavy atom. The van der Waals surface area contributed by atoms with Crippen molar-refractivity contribution in [3.63, 3.8) is 0 Å². The lowest BCUT2D eigenvalue weighted by Crippen LogP contribution is -1.97. The van der Waals surface area contributed by atoms with Crippen molar-refractivity contribution in [3.05, 3.63) is 133 Å². The van der Waals surface area contributed by atoms with Crippen molar-refractivity contribution in [2.45, 2.75) is 37.5 Å². The number of nitrogens with zero attached hydrogens (tertiary/aromatic N) is 8. The van der Waals surface area contributed by atoms with Crippen molar-refractivity contribution >= 4 is 11.3 Å².